The standard InChI is InChI=1S/C15H17N3O3/c19-15(20)11-2-1-3-12-13(11)18(14(16-12)10-4-5-10)17-6-8-21-9-7-17/h1-3,10H,4-9H2,(H,19,20). The van der Waals surface area contributed by atoms with E-state index in [1.54, 1.807) is 12.1 Å². The van der Waals surface area contributed by atoms with Gasteiger partial charge < -0.3 is 14.9 Å². The Morgan fingerprint density at radius 3 is 2.71 bits per heavy atom. The Labute approximate surface area is 121 Å². The maximum absolute atomic E-state index is 11.6. The lowest BCUT2D eigenvalue weighted by Crippen LogP contribution is -2.44. The second kappa shape index (κ2) is 4.73. The molecule has 2 heterocycles. The molecule has 1 aromatic heterocycles. The fraction of sp³-hybridized carbons (Fsp3) is 0.467. The number of para-hydroxylation sites is 1. The lowest BCUT2D eigenvalue weighted by Gasteiger charge is -2.31. The molecule has 2 aromatic rings. The maximum Gasteiger partial charge on any atom is 0.337 e. The van der Waals surface area contributed by atoms with E-state index in [1.807, 2.05) is 10.7 Å². The van der Waals surface area contributed by atoms with Gasteiger partial charge in [-0.2, -0.15) is 0 Å². The van der Waals surface area contributed by atoms with E-state index in [-0.39, 0.29) is 0 Å². The Morgan fingerprint density at radius 2 is 2.05 bits per heavy atom. The van der Waals surface area contributed by atoms with Crippen molar-refractivity contribution in [2.45, 2.75) is 18.8 Å². The summed E-state index contributed by atoms with van der Waals surface area (Å²) in [6.07, 6.45) is 2.27. The smallest absolute Gasteiger partial charge is 0.337 e. The average Bonchev–Trinajstić information content (AvgIpc) is 3.27. The number of ether oxygens (including phenoxy) is 1. The van der Waals surface area contributed by atoms with Crippen LogP contribution in [0, 0.1) is 0 Å². The summed E-state index contributed by atoms with van der Waals surface area (Å²) in [6, 6.07) is 5.31. The van der Waals surface area contributed by atoms with E-state index in [1.165, 1.54) is 0 Å². The molecule has 21 heavy (non-hydrogen) atoms. The van der Waals surface area contributed by atoms with Crippen molar-refractivity contribution in [2.75, 3.05) is 31.3 Å². The number of morpholine rings is 1. The number of hydrogen-bond acceptors (Lipinski definition) is 4. The van der Waals surface area contributed by atoms with Gasteiger partial charge in [0.25, 0.3) is 0 Å². The van der Waals surface area contributed by atoms with Crippen molar-refractivity contribution in [3.8, 4) is 0 Å². The highest BCUT2D eigenvalue weighted by Crippen LogP contribution is 2.41. The lowest BCUT2D eigenvalue weighted by molar-refractivity contribution is 0.0698. The van der Waals surface area contributed by atoms with Crippen LogP contribution >= 0.6 is 0 Å². The minimum atomic E-state index is -0.905. The number of aromatic carboxylic acids is 1. The van der Waals surface area contributed by atoms with Gasteiger partial charge in [0.2, 0.25) is 0 Å². The van der Waals surface area contributed by atoms with E-state index in [0.717, 1.165) is 37.3 Å². The van der Waals surface area contributed by atoms with Crippen LogP contribution in [0.3, 0.4) is 0 Å². The van der Waals surface area contributed by atoms with Crippen LogP contribution in [0.1, 0.15) is 34.9 Å². The number of rotatable bonds is 3. The summed E-state index contributed by atoms with van der Waals surface area (Å²) >= 11 is 0. The number of hydrogen-bond donors (Lipinski definition) is 1. The first-order valence-corrected chi connectivity index (χ1v) is 7.33. The van der Waals surface area contributed by atoms with Gasteiger partial charge in [-0.05, 0) is 25.0 Å². The third-order valence-corrected chi connectivity index (χ3v) is 4.12. The second-order valence-corrected chi connectivity index (χ2v) is 5.60. The molecule has 0 bridgehead atoms. The largest absolute Gasteiger partial charge is 0.478 e. The average molecular weight is 287 g/mol. The topological polar surface area (TPSA) is 67.6 Å². The normalized spacial score (nSPS) is 19.1. The fourth-order valence-corrected chi connectivity index (χ4v) is 2.95. The van der Waals surface area contributed by atoms with E-state index < -0.39 is 5.97 Å². The SMILES string of the molecule is O=C(O)c1cccc2nc(C3CC3)n(N3CCOCC3)c12. The van der Waals surface area contributed by atoms with Crippen LogP contribution in [0.25, 0.3) is 11.0 Å². The van der Waals surface area contributed by atoms with Crippen molar-refractivity contribution in [2.24, 2.45) is 0 Å². The molecule has 1 N–H and O–H groups in total. The molecule has 6 heteroatoms. The second-order valence-electron chi connectivity index (χ2n) is 5.60. The van der Waals surface area contributed by atoms with Gasteiger partial charge >= 0.3 is 5.97 Å². The van der Waals surface area contributed by atoms with Gasteiger partial charge in [0.1, 0.15) is 11.3 Å². The van der Waals surface area contributed by atoms with Crippen LogP contribution in [-0.4, -0.2) is 47.0 Å². The van der Waals surface area contributed by atoms with Crippen molar-refractivity contribution in [3.05, 3.63) is 29.6 Å². The summed E-state index contributed by atoms with van der Waals surface area (Å²) in [5.41, 5.74) is 1.80. The highest BCUT2D eigenvalue weighted by atomic mass is 16.5. The monoisotopic (exact) mass is 287 g/mol. The van der Waals surface area contributed by atoms with E-state index in [9.17, 15) is 9.90 Å². The highest BCUT2D eigenvalue weighted by molar-refractivity contribution is 6.01. The molecule has 4 rings (SSSR count). The highest BCUT2D eigenvalue weighted by Gasteiger charge is 2.33. The van der Waals surface area contributed by atoms with Gasteiger partial charge in [0.15, 0.2) is 0 Å². The quantitative estimate of drug-likeness (QED) is 0.928. The Kier molecular flexibility index (Phi) is 2.85. The summed E-state index contributed by atoms with van der Waals surface area (Å²) < 4.78 is 7.45. The first-order valence-electron chi connectivity index (χ1n) is 7.33. The van der Waals surface area contributed by atoms with E-state index in [4.69, 9.17) is 9.72 Å². The number of imidazole rings is 1. The molecule has 1 aliphatic heterocycles. The van der Waals surface area contributed by atoms with Gasteiger partial charge in [-0.3, -0.25) is 0 Å². The molecule has 1 aliphatic carbocycles. The minimum absolute atomic E-state index is 0.318. The van der Waals surface area contributed by atoms with Crippen molar-refractivity contribution in [1.82, 2.24) is 9.66 Å². The van der Waals surface area contributed by atoms with Gasteiger partial charge in [-0.25, -0.2) is 14.5 Å². The van der Waals surface area contributed by atoms with Gasteiger partial charge in [0.05, 0.1) is 37.4 Å². The summed E-state index contributed by atoms with van der Waals surface area (Å²) in [4.78, 5) is 16.3. The van der Waals surface area contributed by atoms with Crippen molar-refractivity contribution < 1.29 is 14.6 Å². The molecule has 2 fully saturated rings. The Morgan fingerprint density at radius 1 is 1.29 bits per heavy atom. The van der Waals surface area contributed by atoms with Crippen LogP contribution in [0.4, 0.5) is 0 Å². The summed E-state index contributed by atoms with van der Waals surface area (Å²) in [5.74, 6) is 0.555. The van der Waals surface area contributed by atoms with Crippen LogP contribution < -0.4 is 5.01 Å². The predicted octanol–water partition coefficient (Wildman–Crippen LogP) is 1.58. The minimum Gasteiger partial charge on any atom is -0.478 e. The maximum atomic E-state index is 11.6. The predicted molar refractivity (Wildman–Crippen MR) is 77.4 cm³/mol. The number of aromatic nitrogens is 2. The molecule has 1 aromatic carbocycles. The number of carboxylic acids is 1. The zero-order valence-electron chi connectivity index (χ0n) is 11.7. The van der Waals surface area contributed by atoms with E-state index in [0.29, 0.717) is 30.2 Å². The van der Waals surface area contributed by atoms with Crippen molar-refractivity contribution in [1.29, 1.82) is 0 Å². The van der Waals surface area contributed by atoms with Gasteiger partial charge in [-0.15, -0.1) is 0 Å². The van der Waals surface area contributed by atoms with Crippen molar-refractivity contribution >= 4 is 17.0 Å². The number of carboxylic acid groups (broad SMARTS) is 1. The first-order chi connectivity index (χ1) is 10.3. The molecular formula is C15H17N3O3. The van der Waals surface area contributed by atoms with Crippen LogP contribution in [-0.2, 0) is 4.74 Å². The van der Waals surface area contributed by atoms with Gasteiger partial charge in [0, 0.05) is 5.92 Å². The molecule has 0 radical (unpaired) electrons. The zero-order chi connectivity index (χ0) is 14.4. The molecule has 6 nitrogen and oxygen atoms in total. The van der Waals surface area contributed by atoms with E-state index >= 15 is 0 Å². The molecule has 0 spiro atoms. The fourth-order valence-electron chi connectivity index (χ4n) is 2.95. The molecule has 2 aliphatic rings. The number of benzene rings is 1. The van der Waals surface area contributed by atoms with Crippen LogP contribution in [0.5, 0.6) is 0 Å². The molecule has 0 unspecified atom stereocenters. The molecule has 0 amide bonds. The summed E-state index contributed by atoms with van der Waals surface area (Å²) in [5, 5.41) is 11.7. The number of carbonyl (C=O) groups is 1. The summed E-state index contributed by atoms with van der Waals surface area (Å²) in [7, 11) is 0. The van der Waals surface area contributed by atoms with Crippen LogP contribution in [0.2, 0.25) is 0 Å². The number of fused-ring (bicyclic) bond motifs is 1. The van der Waals surface area contributed by atoms with Gasteiger partial charge in [-0.1, -0.05) is 6.07 Å². The molecule has 1 saturated heterocycles. The molecule has 110 valence electrons. The number of nitrogens with zero attached hydrogens (tertiary/aromatic N) is 3. The third-order valence-electron chi connectivity index (χ3n) is 4.12. The van der Waals surface area contributed by atoms with Crippen LogP contribution in [0.15, 0.2) is 18.2 Å². The van der Waals surface area contributed by atoms with Crippen molar-refractivity contribution in [3.63, 3.8) is 0 Å². The molecule has 1 saturated carbocycles. The molecule has 0 atom stereocenters. The lowest BCUT2D eigenvalue weighted by atomic mass is 10.2. The first kappa shape index (κ1) is 12.6. The Balaban J connectivity index is 1.95. The third kappa shape index (κ3) is 2.06. The van der Waals surface area contributed by atoms with E-state index in [2.05, 4.69) is 5.01 Å². The zero-order valence-corrected chi connectivity index (χ0v) is 11.7. The molecular weight excluding hydrogens is 270 g/mol. The Bertz CT molecular complexity index is 699. The Hall–Kier alpha value is -2.08. The summed E-state index contributed by atoms with van der Waals surface area (Å²) in [6.45, 7) is 2.86.